The Bertz CT molecular complexity index is 1050. The van der Waals surface area contributed by atoms with Crippen molar-refractivity contribution in [1.82, 2.24) is 20.3 Å². The van der Waals surface area contributed by atoms with E-state index in [1.165, 1.54) is 15.5 Å². The number of piperazine rings is 1. The quantitative estimate of drug-likeness (QED) is 0.603. The van der Waals surface area contributed by atoms with E-state index in [4.69, 9.17) is 4.98 Å². The smallest absolute Gasteiger partial charge is 0.225 e. The SMILES string of the molecule is c1cc(-c2cnc3ccc4sccc4c3c2)nc(N2CCNCC2)n1. The molecule has 0 saturated carbocycles. The Labute approximate surface area is 149 Å². The van der Waals surface area contributed by atoms with Crippen LogP contribution in [0.15, 0.2) is 48.1 Å². The molecule has 5 nitrogen and oxygen atoms in total. The maximum atomic E-state index is 4.79. The van der Waals surface area contributed by atoms with Crippen LogP contribution < -0.4 is 10.2 Å². The lowest BCUT2D eigenvalue weighted by Crippen LogP contribution is -2.44. The third kappa shape index (κ3) is 2.63. The summed E-state index contributed by atoms with van der Waals surface area (Å²) in [5.41, 5.74) is 2.97. The Hall–Kier alpha value is -2.57. The number of hydrogen-bond donors (Lipinski definition) is 1. The molecule has 4 aromatic rings. The topological polar surface area (TPSA) is 53.9 Å². The Morgan fingerprint density at radius 2 is 1.92 bits per heavy atom. The van der Waals surface area contributed by atoms with Crippen LogP contribution in [-0.4, -0.2) is 41.1 Å². The van der Waals surface area contributed by atoms with Gasteiger partial charge in [-0.3, -0.25) is 4.98 Å². The molecule has 0 bridgehead atoms. The fraction of sp³-hybridized carbons (Fsp3) is 0.211. The number of nitrogens with zero attached hydrogens (tertiary/aromatic N) is 4. The number of pyridine rings is 1. The fourth-order valence-electron chi connectivity index (χ4n) is 3.32. The molecule has 4 heterocycles. The van der Waals surface area contributed by atoms with Crippen LogP contribution in [0.3, 0.4) is 0 Å². The average Bonchev–Trinajstić information content (AvgIpc) is 3.18. The number of rotatable bonds is 2. The highest BCUT2D eigenvalue weighted by molar-refractivity contribution is 7.17. The zero-order chi connectivity index (χ0) is 16.6. The summed E-state index contributed by atoms with van der Waals surface area (Å²) < 4.78 is 1.29. The van der Waals surface area contributed by atoms with Crippen molar-refractivity contribution in [2.24, 2.45) is 0 Å². The fourth-order valence-corrected chi connectivity index (χ4v) is 4.12. The average molecular weight is 347 g/mol. The second-order valence-corrected chi connectivity index (χ2v) is 7.12. The van der Waals surface area contributed by atoms with Gasteiger partial charge in [0.2, 0.25) is 5.95 Å². The zero-order valence-electron chi connectivity index (χ0n) is 13.6. The van der Waals surface area contributed by atoms with Crippen LogP contribution in [0.1, 0.15) is 0 Å². The van der Waals surface area contributed by atoms with Crippen molar-refractivity contribution < 1.29 is 0 Å². The van der Waals surface area contributed by atoms with Gasteiger partial charge in [-0.2, -0.15) is 0 Å². The molecular formula is C19H17N5S. The Morgan fingerprint density at radius 1 is 1.00 bits per heavy atom. The first kappa shape index (κ1) is 14.7. The minimum absolute atomic E-state index is 0.799. The molecule has 25 heavy (non-hydrogen) atoms. The number of hydrogen-bond acceptors (Lipinski definition) is 6. The second kappa shape index (κ2) is 6.06. The van der Waals surface area contributed by atoms with Crippen molar-refractivity contribution in [2.75, 3.05) is 31.1 Å². The van der Waals surface area contributed by atoms with Crippen molar-refractivity contribution >= 4 is 38.3 Å². The van der Waals surface area contributed by atoms with Gasteiger partial charge in [-0.1, -0.05) is 0 Å². The summed E-state index contributed by atoms with van der Waals surface area (Å²) in [4.78, 5) is 16.1. The number of anilines is 1. The van der Waals surface area contributed by atoms with E-state index in [-0.39, 0.29) is 0 Å². The van der Waals surface area contributed by atoms with Crippen LogP contribution in [-0.2, 0) is 0 Å². The van der Waals surface area contributed by atoms with Crippen molar-refractivity contribution in [1.29, 1.82) is 0 Å². The van der Waals surface area contributed by atoms with Gasteiger partial charge in [0.1, 0.15) is 0 Å². The van der Waals surface area contributed by atoms with Crippen LogP contribution in [0, 0.1) is 0 Å². The Balaban J connectivity index is 1.60. The van der Waals surface area contributed by atoms with Gasteiger partial charge in [-0.05, 0) is 35.7 Å². The summed E-state index contributed by atoms with van der Waals surface area (Å²) in [5.74, 6) is 0.799. The molecular weight excluding hydrogens is 330 g/mol. The number of thiophene rings is 1. The second-order valence-electron chi connectivity index (χ2n) is 6.17. The first-order chi connectivity index (χ1) is 12.4. The number of fused-ring (bicyclic) bond motifs is 3. The van der Waals surface area contributed by atoms with Gasteiger partial charge in [0.15, 0.2) is 0 Å². The predicted octanol–water partition coefficient (Wildman–Crippen LogP) is 3.32. The summed E-state index contributed by atoms with van der Waals surface area (Å²) in [6, 6.07) is 10.6. The van der Waals surface area contributed by atoms with Crippen LogP contribution in [0.25, 0.3) is 32.2 Å². The molecule has 0 unspecified atom stereocenters. The number of aromatic nitrogens is 3. The molecule has 1 aliphatic heterocycles. The summed E-state index contributed by atoms with van der Waals surface area (Å²) in [6.07, 6.45) is 3.75. The molecule has 1 aromatic carbocycles. The van der Waals surface area contributed by atoms with E-state index in [1.54, 1.807) is 11.3 Å². The molecule has 5 rings (SSSR count). The van der Waals surface area contributed by atoms with E-state index >= 15 is 0 Å². The summed E-state index contributed by atoms with van der Waals surface area (Å²) in [6.45, 7) is 3.83. The number of benzene rings is 1. The molecule has 0 atom stereocenters. The lowest BCUT2D eigenvalue weighted by atomic mass is 10.1. The molecule has 0 spiro atoms. The standard InChI is InChI=1S/C19H17N5S/c1-2-18-14(4-10-25-18)15-11-13(12-22-17(1)15)16-3-5-21-19(23-16)24-8-6-20-7-9-24/h1-5,10-12,20H,6-9H2. The monoisotopic (exact) mass is 347 g/mol. The van der Waals surface area contributed by atoms with E-state index < -0.39 is 0 Å². The molecule has 1 N–H and O–H groups in total. The van der Waals surface area contributed by atoms with Crippen molar-refractivity contribution in [2.45, 2.75) is 0 Å². The van der Waals surface area contributed by atoms with Gasteiger partial charge in [0, 0.05) is 59.6 Å². The number of nitrogens with one attached hydrogen (secondary N) is 1. The predicted molar refractivity (Wildman–Crippen MR) is 103 cm³/mol. The van der Waals surface area contributed by atoms with Crippen molar-refractivity contribution in [3.05, 3.63) is 48.1 Å². The Morgan fingerprint density at radius 3 is 2.84 bits per heavy atom. The highest BCUT2D eigenvalue weighted by Crippen LogP contribution is 2.30. The molecule has 0 radical (unpaired) electrons. The molecule has 3 aromatic heterocycles. The lowest BCUT2D eigenvalue weighted by Gasteiger charge is -2.27. The molecule has 0 aliphatic carbocycles. The van der Waals surface area contributed by atoms with E-state index in [9.17, 15) is 0 Å². The minimum Gasteiger partial charge on any atom is -0.338 e. The van der Waals surface area contributed by atoms with Crippen LogP contribution in [0.5, 0.6) is 0 Å². The maximum absolute atomic E-state index is 4.79. The lowest BCUT2D eigenvalue weighted by molar-refractivity contribution is 0.580. The highest BCUT2D eigenvalue weighted by Gasteiger charge is 2.14. The molecule has 0 amide bonds. The van der Waals surface area contributed by atoms with Crippen LogP contribution in [0.2, 0.25) is 0 Å². The summed E-state index contributed by atoms with van der Waals surface area (Å²) in [7, 11) is 0. The third-order valence-electron chi connectivity index (χ3n) is 4.63. The molecule has 124 valence electrons. The molecule has 6 heteroatoms. The Kier molecular flexibility index (Phi) is 3.57. The molecule has 1 saturated heterocycles. The normalized spacial score (nSPS) is 15.1. The van der Waals surface area contributed by atoms with Gasteiger partial charge in [0.05, 0.1) is 11.2 Å². The van der Waals surface area contributed by atoms with Crippen molar-refractivity contribution in [3.8, 4) is 11.3 Å². The van der Waals surface area contributed by atoms with Gasteiger partial charge in [-0.25, -0.2) is 9.97 Å². The zero-order valence-corrected chi connectivity index (χ0v) is 14.5. The molecule has 1 aliphatic rings. The minimum atomic E-state index is 0.799. The van der Waals surface area contributed by atoms with Gasteiger partial charge >= 0.3 is 0 Å². The van der Waals surface area contributed by atoms with Crippen LogP contribution in [0.4, 0.5) is 5.95 Å². The maximum Gasteiger partial charge on any atom is 0.225 e. The van der Waals surface area contributed by atoms with Crippen molar-refractivity contribution in [3.63, 3.8) is 0 Å². The van der Waals surface area contributed by atoms with Crippen LogP contribution >= 0.6 is 11.3 Å². The first-order valence-corrected chi connectivity index (χ1v) is 9.31. The van der Waals surface area contributed by atoms with Gasteiger partial charge < -0.3 is 10.2 Å². The van der Waals surface area contributed by atoms with E-state index in [2.05, 4.69) is 49.8 Å². The third-order valence-corrected chi connectivity index (χ3v) is 5.52. The van der Waals surface area contributed by atoms with E-state index in [0.29, 0.717) is 0 Å². The highest BCUT2D eigenvalue weighted by atomic mass is 32.1. The van der Waals surface area contributed by atoms with E-state index in [0.717, 1.165) is 48.9 Å². The van der Waals surface area contributed by atoms with Gasteiger partial charge in [-0.15, -0.1) is 11.3 Å². The summed E-state index contributed by atoms with van der Waals surface area (Å²) in [5, 5.41) is 7.92. The largest absolute Gasteiger partial charge is 0.338 e. The first-order valence-electron chi connectivity index (χ1n) is 8.43. The van der Waals surface area contributed by atoms with Gasteiger partial charge in [0.25, 0.3) is 0 Å². The molecule has 1 fully saturated rings. The van der Waals surface area contributed by atoms with E-state index in [1.807, 2.05) is 18.5 Å². The summed E-state index contributed by atoms with van der Waals surface area (Å²) >= 11 is 1.76.